The summed E-state index contributed by atoms with van der Waals surface area (Å²) in [5, 5.41) is 8.71. The molecule has 1 saturated heterocycles. The van der Waals surface area contributed by atoms with Gasteiger partial charge in [0.2, 0.25) is 0 Å². The van der Waals surface area contributed by atoms with Crippen LogP contribution in [0.15, 0.2) is 16.3 Å². The predicted octanol–water partition coefficient (Wildman–Crippen LogP) is 1.17. The summed E-state index contributed by atoms with van der Waals surface area (Å²) in [6, 6.07) is 3.01. The quantitative estimate of drug-likeness (QED) is 0.851. The molecule has 0 amide bonds. The van der Waals surface area contributed by atoms with E-state index < -0.39 is 16.0 Å². The van der Waals surface area contributed by atoms with Crippen LogP contribution in [0, 0.1) is 0 Å². The molecule has 2 heterocycles. The minimum Gasteiger partial charge on any atom is -0.481 e. The number of hydrogen-bond acceptors (Lipinski definition) is 5. The van der Waals surface area contributed by atoms with Crippen LogP contribution in [0.25, 0.3) is 0 Å². The largest absolute Gasteiger partial charge is 0.481 e. The van der Waals surface area contributed by atoms with Crippen molar-refractivity contribution < 1.29 is 23.1 Å². The number of ether oxygens (including phenoxy) is 1. The topological polar surface area (TPSA) is 83.9 Å². The normalized spacial score (nSPS) is 19.6. The van der Waals surface area contributed by atoms with Crippen LogP contribution in [0.4, 0.5) is 0 Å². The van der Waals surface area contributed by atoms with Gasteiger partial charge in [0.25, 0.3) is 10.0 Å². The zero-order chi connectivity index (χ0) is 14.8. The molecule has 0 radical (unpaired) electrons. The number of rotatable bonds is 6. The van der Waals surface area contributed by atoms with E-state index in [4.69, 9.17) is 9.84 Å². The van der Waals surface area contributed by atoms with E-state index >= 15 is 0 Å². The zero-order valence-electron chi connectivity index (χ0n) is 11.1. The number of aliphatic carboxylic acids is 1. The van der Waals surface area contributed by atoms with Crippen LogP contribution >= 0.6 is 11.3 Å². The lowest BCUT2D eigenvalue weighted by atomic mass is 10.2. The lowest BCUT2D eigenvalue weighted by Gasteiger charge is -2.19. The molecule has 8 heteroatoms. The molecular weight excluding hydrogens is 302 g/mol. The van der Waals surface area contributed by atoms with E-state index in [0.717, 1.165) is 24.2 Å². The average Bonchev–Trinajstić information content (AvgIpc) is 2.99. The molecule has 112 valence electrons. The van der Waals surface area contributed by atoms with E-state index in [0.29, 0.717) is 18.0 Å². The summed E-state index contributed by atoms with van der Waals surface area (Å²) in [5.41, 5.74) is 0. The van der Waals surface area contributed by atoms with Crippen molar-refractivity contribution in [2.45, 2.75) is 29.6 Å². The molecule has 1 aliphatic rings. The maximum Gasteiger partial charge on any atom is 0.308 e. The van der Waals surface area contributed by atoms with E-state index in [2.05, 4.69) is 0 Å². The van der Waals surface area contributed by atoms with E-state index in [1.165, 1.54) is 17.4 Å². The summed E-state index contributed by atoms with van der Waals surface area (Å²) in [5.74, 6) is -0.969. The van der Waals surface area contributed by atoms with Crippen molar-refractivity contribution >= 4 is 27.3 Å². The Hall–Kier alpha value is -0.960. The molecule has 1 aromatic heterocycles. The SMILES string of the molecule is CN(CC1CCCO1)S(=O)(=O)c1ccc(CC(=O)O)s1. The summed E-state index contributed by atoms with van der Waals surface area (Å²) < 4.78 is 31.6. The fourth-order valence-electron chi connectivity index (χ4n) is 2.07. The Morgan fingerprint density at radius 2 is 2.30 bits per heavy atom. The Morgan fingerprint density at radius 3 is 2.90 bits per heavy atom. The molecule has 0 aliphatic carbocycles. The number of sulfonamides is 1. The highest BCUT2D eigenvalue weighted by Crippen LogP contribution is 2.25. The number of hydrogen-bond donors (Lipinski definition) is 1. The Morgan fingerprint density at radius 1 is 1.55 bits per heavy atom. The van der Waals surface area contributed by atoms with E-state index in [1.807, 2.05) is 0 Å². The smallest absolute Gasteiger partial charge is 0.308 e. The van der Waals surface area contributed by atoms with Crippen LogP contribution in [0.3, 0.4) is 0 Å². The molecule has 0 spiro atoms. The van der Waals surface area contributed by atoms with Crippen molar-refractivity contribution in [3.63, 3.8) is 0 Å². The Labute approximate surface area is 122 Å². The molecule has 1 aliphatic heterocycles. The predicted molar refractivity (Wildman–Crippen MR) is 74.4 cm³/mol. The van der Waals surface area contributed by atoms with Gasteiger partial charge >= 0.3 is 5.97 Å². The maximum absolute atomic E-state index is 12.4. The van der Waals surface area contributed by atoms with Crippen molar-refractivity contribution in [2.75, 3.05) is 20.2 Å². The van der Waals surface area contributed by atoms with Gasteiger partial charge in [-0.05, 0) is 25.0 Å². The summed E-state index contributed by atoms with van der Waals surface area (Å²) in [6.45, 7) is 1.01. The molecule has 0 bridgehead atoms. The maximum atomic E-state index is 12.4. The Bertz CT molecular complexity index is 574. The minimum atomic E-state index is -3.56. The number of carboxylic acid groups (broad SMARTS) is 1. The second-order valence-electron chi connectivity index (χ2n) is 4.71. The molecule has 1 unspecified atom stereocenters. The first-order chi connectivity index (χ1) is 9.39. The van der Waals surface area contributed by atoms with Gasteiger partial charge in [0, 0.05) is 25.1 Å². The van der Waals surface area contributed by atoms with Gasteiger partial charge in [-0.3, -0.25) is 4.79 Å². The summed E-state index contributed by atoms with van der Waals surface area (Å²) in [7, 11) is -2.04. The molecule has 1 atom stereocenters. The highest BCUT2D eigenvalue weighted by Gasteiger charge is 2.27. The van der Waals surface area contributed by atoms with E-state index in [-0.39, 0.29) is 16.7 Å². The molecule has 20 heavy (non-hydrogen) atoms. The van der Waals surface area contributed by atoms with Crippen LogP contribution in [0.1, 0.15) is 17.7 Å². The van der Waals surface area contributed by atoms with Crippen molar-refractivity contribution in [3.8, 4) is 0 Å². The molecule has 1 fully saturated rings. The minimum absolute atomic E-state index is 0.0479. The summed E-state index contributed by atoms with van der Waals surface area (Å²) in [4.78, 5) is 11.2. The van der Waals surface area contributed by atoms with Crippen molar-refractivity contribution in [2.24, 2.45) is 0 Å². The molecule has 2 rings (SSSR count). The van der Waals surface area contributed by atoms with Gasteiger partial charge < -0.3 is 9.84 Å². The first-order valence-corrected chi connectivity index (χ1v) is 8.53. The fraction of sp³-hybridized carbons (Fsp3) is 0.583. The molecule has 1 aromatic rings. The molecule has 0 saturated carbocycles. The summed E-state index contributed by atoms with van der Waals surface area (Å²) >= 11 is 1.00. The van der Waals surface area contributed by atoms with Gasteiger partial charge in [0.15, 0.2) is 0 Å². The number of carboxylic acids is 1. The molecule has 6 nitrogen and oxygen atoms in total. The van der Waals surface area contributed by atoms with Crippen LogP contribution in [0.5, 0.6) is 0 Å². The van der Waals surface area contributed by atoms with Gasteiger partial charge in [-0.1, -0.05) is 0 Å². The number of thiophene rings is 1. The van der Waals surface area contributed by atoms with Crippen molar-refractivity contribution in [3.05, 3.63) is 17.0 Å². The summed E-state index contributed by atoms with van der Waals surface area (Å²) in [6.07, 6.45) is 1.62. The third kappa shape index (κ3) is 3.57. The average molecular weight is 319 g/mol. The third-order valence-corrected chi connectivity index (χ3v) is 6.49. The lowest BCUT2D eigenvalue weighted by Crippen LogP contribution is -2.33. The number of likely N-dealkylation sites (N-methyl/N-ethyl adjacent to an activating group) is 1. The second kappa shape index (κ2) is 6.21. The van der Waals surface area contributed by atoms with Gasteiger partial charge in [0.05, 0.1) is 12.5 Å². The van der Waals surface area contributed by atoms with Crippen molar-refractivity contribution in [1.29, 1.82) is 0 Å². The lowest BCUT2D eigenvalue weighted by molar-refractivity contribution is -0.136. The van der Waals surface area contributed by atoms with Gasteiger partial charge in [-0.25, -0.2) is 8.42 Å². The van der Waals surface area contributed by atoms with Crippen LogP contribution in [0.2, 0.25) is 0 Å². The van der Waals surface area contributed by atoms with E-state index in [9.17, 15) is 13.2 Å². The van der Waals surface area contributed by atoms with Crippen LogP contribution in [-0.2, 0) is 26.0 Å². The van der Waals surface area contributed by atoms with Crippen LogP contribution in [-0.4, -0.2) is 50.1 Å². The monoisotopic (exact) mass is 319 g/mol. The molecule has 0 aromatic carbocycles. The first kappa shape index (κ1) is 15.4. The fourth-order valence-corrected chi connectivity index (χ4v) is 4.83. The zero-order valence-corrected chi connectivity index (χ0v) is 12.7. The Kier molecular flexibility index (Phi) is 4.79. The molecule has 1 N–H and O–H groups in total. The molecular formula is C12H17NO5S2. The Balaban J connectivity index is 2.08. The second-order valence-corrected chi connectivity index (χ2v) is 8.15. The standard InChI is InChI=1S/C12H17NO5S2/c1-13(8-9-3-2-6-18-9)20(16,17)12-5-4-10(19-12)7-11(14)15/h4-5,9H,2-3,6-8H2,1H3,(H,14,15). The van der Waals surface area contributed by atoms with Gasteiger partial charge in [0.1, 0.15) is 4.21 Å². The highest BCUT2D eigenvalue weighted by atomic mass is 32.2. The highest BCUT2D eigenvalue weighted by molar-refractivity contribution is 7.91. The van der Waals surface area contributed by atoms with Crippen molar-refractivity contribution in [1.82, 2.24) is 4.31 Å². The van der Waals surface area contributed by atoms with Gasteiger partial charge in [-0.2, -0.15) is 4.31 Å². The third-order valence-electron chi connectivity index (χ3n) is 3.11. The number of nitrogens with zero attached hydrogens (tertiary/aromatic N) is 1. The van der Waals surface area contributed by atoms with Gasteiger partial charge in [-0.15, -0.1) is 11.3 Å². The van der Waals surface area contributed by atoms with E-state index in [1.54, 1.807) is 6.07 Å². The van der Waals surface area contributed by atoms with Crippen LogP contribution < -0.4 is 0 Å². The first-order valence-electron chi connectivity index (χ1n) is 6.28. The number of carbonyl (C=O) groups is 1.